The Morgan fingerprint density at radius 2 is 2.14 bits per heavy atom. The molecule has 0 aromatic heterocycles. The maximum absolute atomic E-state index is 12.7. The Balaban J connectivity index is 1.79. The van der Waals surface area contributed by atoms with Crippen molar-refractivity contribution in [3.8, 4) is 0 Å². The molecule has 2 atom stereocenters. The van der Waals surface area contributed by atoms with Crippen LogP contribution in [0.5, 0.6) is 0 Å². The van der Waals surface area contributed by atoms with Gasteiger partial charge in [-0.2, -0.15) is 0 Å². The smallest absolute Gasteiger partial charge is 0.227 e. The second-order valence-corrected chi connectivity index (χ2v) is 9.26. The third-order valence-corrected chi connectivity index (χ3v) is 6.69. The summed E-state index contributed by atoms with van der Waals surface area (Å²) in [6.45, 7) is 2.86. The Morgan fingerprint density at radius 1 is 1.36 bits per heavy atom. The van der Waals surface area contributed by atoms with Crippen molar-refractivity contribution in [1.82, 2.24) is 0 Å². The highest BCUT2D eigenvalue weighted by Crippen LogP contribution is 2.37. The molecule has 1 aromatic carbocycles. The van der Waals surface area contributed by atoms with Gasteiger partial charge in [0.1, 0.15) is 0 Å². The molecule has 1 amide bonds. The van der Waals surface area contributed by atoms with Crippen LogP contribution in [0.4, 0.5) is 5.69 Å². The SMILES string of the molecule is C[C@H]1CCN(C(=O)C[C@H]2C=CS(=O)(=O)C2)c2ccccc2S1. The molecule has 0 aliphatic carbocycles. The Labute approximate surface area is 135 Å². The molecule has 4 nitrogen and oxygen atoms in total. The summed E-state index contributed by atoms with van der Waals surface area (Å²) in [5.74, 6) is -0.133. The van der Waals surface area contributed by atoms with Crippen LogP contribution < -0.4 is 4.90 Å². The molecule has 0 bridgehead atoms. The molecule has 2 aliphatic rings. The van der Waals surface area contributed by atoms with E-state index in [1.807, 2.05) is 29.2 Å². The molecule has 0 saturated carbocycles. The summed E-state index contributed by atoms with van der Waals surface area (Å²) in [7, 11) is -3.10. The first-order valence-corrected chi connectivity index (χ1v) is 10.0. The maximum Gasteiger partial charge on any atom is 0.227 e. The average molecular weight is 337 g/mol. The highest BCUT2D eigenvalue weighted by Gasteiger charge is 2.28. The number of nitrogens with zero attached hydrogens (tertiary/aromatic N) is 1. The van der Waals surface area contributed by atoms with E-state index in [9.17, 15) is 13.2 Å². The Hall–Kier alpha value is -1.27. The molecule has 118 valence electrons. The first kappa shape index (κ1) is 15.6. The van der Waals surface area contributed by atoms with E-state index >= 15 is 0 Å². The van der Waals surface area contributed by atoms with E-state index in [-0.39, 0.29) is 24.0 Å². The Morgan fingerprint density at radius 3 is 2.86 bits per heavy atom. The van der Waals surface area contributed by atoms with Crippen molar-refractivity contribution in [3.63, 3.8) is 0 Å². The van der Waals surface area contributed by atoms with Crippen LogP contribution in [0.2, 0.25) is 0 Å². The first-order chi connectivity index (χ1) is 10.4. The number of benzene rings is 1. The predicted octanol–water partition coefficient (Wildman–Crippen LogP) is 2.85. The molecule has 1 aromatic rings. The Kier molecular flexibility index (Phi) is 4.32. The number of para-hydroxylation sites is 1. The van der Waals surface area contributed by atoms with Crippen LogP contribution in [0.25, 0.3) is 0 Å². The summed E-state index contributed by atoms with van der Waals surface area (Å²) in [5, 5.41) is 1.70. The fourth-order valence-corrected chi connectivity index (χ4v) is 5.36. The second-order valence-electron chi connectivity index (χ2n) is 5.85. The second kappa shape index (κ2) is 6.08. The van der Waals surface area contributed by atoms with Crippen molar-refractivity contribution >= 4 is 33.2 Å². The van der Waals surface area contributed by atoms with Crippen LogP contribution in [-0.4, -0.2) is 31.9 Å². The third kappa shape index (κ3) is 3.38. The average Bonchev–Trinajstić information content (AvgIpc) is 2.70. The van der Waals surface area contributed by atoms with Gasteiger partial charge in [-0.3, -0.25) is 4.79 Å². The standard InChI is InChI=1S/C16H19NO3S2/c1-12-6-8-17(14-4-2-3-5-15(14)21-12)16(18)10-13-7-9-22(19,20)11-13/h2-5,7,9,12-13H,6,8,10-11H2,1H3/t12-,13+/m0/s1. The summed E-state index contributed by atoms with van der Waals surface area (Å²) in [6.07, 6.45) is 2.83. The monoisotopic (exact) mass is 337 g/mol. The van der Waals surface area contributed by atoms with Crippen molar-refractivity contribution in [1.29, 1.82) is 0 Å². The van der Waals surface area contributed by atoms with Crippen LogP contribution in [0, 0.1) is 5.92 Å². The normalized spacial score (nSPS) is 26.5. The lowest BCUT2D eigenvalue weighted by Gasteiger charge is -2.23. The molecule has 0 N–H and O–H groups in total. The third-order valence-electron chi connectivity index (χ3n) is 3.99. The molecule has 0 fully saturated rings. The van der Waals surface area contributed by atoms with Crippen LogP contribution in [0.15, 0.2) is 40.6 Å². The minimum absolute atomic E-state index is 0.00824. The fourth-order valence-electron chi connectivity index (χ4n) is 2.85. The lowest BCUT2D eigenvalue weighted by Crippen LogP contribution is -2.33. The molecule has 6 heteroatoms. The number of carbonyl (C=O) groups excluding carboxylic acids is 1. The van der Waals surface area contributed by atoms with Gasteiger partial charge in [-0.25, -0.2) is 8.42 Å². The van der Waals surface area contributed by atoms with Gasteiger partial charge in [0.15, 0.2) is 9.84 Å². The number of carbonyl (C=O) groups is 1. The molecular formula is C16H19NO3S2. The minimum atomic E-state index is -3.10. The number of fused-ring (bicyclic) bond motifs is 1. The van der Waals surface area contributed by atoms with Crippen LogP contribution in [0.1, 0.15) is 19.8 Å². The van der Waals surface area contributed by atoms with Crippen LogP contribution in [0.3, 0.4) is 0 Å². The lowest BCUT2D eigenvalue weighted by molar-refractivity contribution is -0.119. The number of hydrogen-bond acceptors (Lipinski definition) is 4. The van der Waals surface area contributed by atoms with Gasteiger partial charge in [0.25, 0.3) is 0 Å². The zero-order valence-electron chi connectivity index (χ0n) is 12.4. The van der Waals surface area contributed by atoms with Gasteiger partial charge in [-0.05, 0) is 18.6 Å². The van der Waals surface area contributed by atoms with Gasteiger partial charge in [0, 0.05) is 34.4 Å². The van der Waals surface area contributed by atoms with Crippen molar-refractivity contribution < 1.29 is 13.2 Å². The molecule has 0 radical (unpaired) electrons. The quantitative estimate of drug-likeness (QED) is 0.833. The zero-order chi connectivity index (χ0) is 15.7. The fraction of sp³-hybridized carbons (Fsp3) is 0.438. The molecule has 22 heavy (non-hydrogen) atoms. The van der Waals surface area contributed by atoms with E-state index in [1.54, 1.807) is 17.8 Å². The van der Waals surface area contributed by atoms with Crippen molar-refractivity contribution in [2.24, 2.45) is 5.92 Å². The molecule has 0 saturated heterocycles. The zero-order valence-corrected chi connectivity index (χ0v) is 14.1. The van der Waals surface area contributed by atoms with Crippen molar-refractivity contribution in [2.75, 3.05) is 17.2 Å². The van der Waals surface area contributed by atoms with Crippen LogP contribution in [-0.2, 0) is 14.6 Å². The van der Waals surface area contributed by atoms with E-state index in [0.717, 1.165) is 17.0 Å². The number of rotatable bonds is 2. The summed E-state index contributed by atoms with van der Waals surface area (Å²) in [6, 6.07) is 7.94. The van der Waals surface area contributed by atoms with Crippen LogP contribution >= 0.6 is 11.8 Å². The van der Waals surface area contributed by atoms with Crippen molar-refractivity contribution in [2.45, 2.75) is 29.9 Å². The van der Waals surface area contributed by atoms with Gasteiger partial charge in [-0.1, -0.05) is 25.1 Å². The van der Waals surface area contributed by atoms with Gasteiger partial charge in [0.05, 0.1) is 11.4 Å². The Bertz CT molecular complexity index is 712. The molecule has 2 heterocycles. The van der Waals surface area contributed by atoms with Gasteiger partial charge in [0.2, 0.25) is 5.91 Å². The van der Waals surface area contributed by atoms with Gasteiger partial charge < -0.3 is 4.90 Å². The highest BCUT2D eigenvalue weighted by atomic mass is 32.2. The molecule has 3 rings (SSSR count). The maximum atomic E-state index is 12.7. The predicted molar refractivity (Wildman–Crippen MR) is 89.8 cm³/mol. The van der Waals surface area contributed by atoms with E-state index in [0.29, 0.717) is 11.8 Å². The summed E-state index contributed by atoms with van der Waals surface area (Å²) in [4.78, 5) is 15.6. The highest BCUT2D eigenvalue weighted by molar-refractivity contribution is 8.00. The number of allylic oxidation sites excluding steroid dienone is 1. The molecule has 2 aliphatic heterocycles. The number of amides is 1. The summed E-state index contributed by atoms with van der Waals surface area (Å²) >= 11 is 1.79. The number of sulfone groups is 1. The summed E-state index contributed by atoms with van der Waals surface area (Å²) < 4.78 is 23.0. The van der Waals surface area contributed by atoms with Gasteiger partial charge in [-0.15, -0.1) is 11.8 Å². The van der Waals surface area contributed by atoms with E-state index in [2.05, 4.69) is 6.92 Å². The number of hydrogen-bond donors (Lipinski definition) is 0. The molecule has 0 unspecified atom stereocenters. The van der Waals surface area contributed by atoms with E-state index < -0.39 is 9.84 Å². The first-order valence-electron chi connectivity index (χ1n) is 7.41. The largest absolute Gasteiger partial charge is 0.311 e. The van der Waals surface area contributed by atoms with Crippen molar-refractivity contribution in [3.05, 3.63) is 35.7 Å². The summed E-state index contributed by atoms with van der Waals surface area (Å²) in [5.41, 5.74) is 0.951. The topological polar surface area (TPSA) is 54.5 Å². The molecule has 0 spiro atoms. The van der Waals surface area contributed by atoms with Gasteiger partial charge >= 0.3 is 0 Å². The number of anilines is 1. The van der Waals surface area contributed by atoms with E-state index in [4.69, 9.17) is 0 Å². The molecular weight excluding hydrogens is 318 g/mol. The number of thioether (sulfide) groups is 1. The lowest BCUT2D eigenvalue weighted by atomic mass is 10.1. The minimum Gasteiger partial charge on any atom is -0.311 e. The van der Waals surface area contributed by atoms with E-state index in [1.165, 1.54) is 5.41 Å².